The fraction of sp³-hybridized carbons (Fsp3) is 0.214. The van der Waals surface area contributed by atoms with E-state index in [9.17, 15) is 19.2 Å². The number of nitrogens with zero attached hydrogens (tertiary/aromatic N) is 2. The zero-order valence-corrected chi connectivity index (χ0v) is 19.6. The molecule has 0 spiro atoms. The van der Waals surface area contributed by atoms with Crippen molar-refractivity contribution in [3.05, 3.63) is 104 Å². The predicted octanol–water partition coefficient (Wildman–Crippen LogP) is 4.51. The lowest BCUT2D eigenvalue weighted by atomic mass is 9.88. The molecule has 0 aromatic heterocycles. The van der Waals surface area contributed by atoms with Crippen LogP contribution in [0.5, 0.6) is 0 Å². The summed E-state index contributed by atoms with van der Waals surface area (Å²) in [6.07, 6.45) is 0. The lowest BCUT2D eigenvalue weighted by molar-refractivity contribution is 0.0625. The van der Waals surface area contributed by atoms with Crippen molar-refractivity contribution in [2.45, 2.75) is 40.8 Å². The van der Waals surface area contributed by atoms with Crippen molar-refractivity contribution in [1.29, 1.82) is 0 Å². The Balaban J connectivity index is 1.49. The number of carbonyl (C=O) groups is 4. The Morgan fingerprint density at radius 2 is 0.706 bits per heavy atom. The number of hydrogen-bond donors (Lipinski definition) is 0. The van der Waals surface area contributed by atoms with Crippen molar-refractivity contribution in [3.8, 4) is 0 Å². The van der Waals surface area contributed by atoms with Gasteiger partial charge in [0, 0.05) is 0 Å². The van der Waals surface area contributed by atoms with Crippen LogP contribution in [0.15, 0.2) is 48.5 Å². The number of fused-ring (bicyclic) bond motifs is 2. The lowest BCUT2D eigenvalue weighted by Gasteiger charge is -2.25. The monoisotopic (exact) mass is 452 g/mol. The second kappa shape index (κ2) is 7.76. The highest BCUT2D eigenvalue weighted by molar-refractivity contribution is 6.22. The van der Waals surface area contributed by atoms with Crippen LogP contribution >= 0.6 is 0 Å². The second-order valence-electron chi connectivity index (χ2n) is 8.94. The van der Waals surface area contributed by atoms with Gasteiger partial charge in [-0.15, -0.1) is 0 Å². The Labute approximate surface area is 197 Å². The maximum atomic E-state index is 12.9. The molecule has 0 fully saturated rings. The fourth-order valence-corrected chi connectivity index (χ4v) is 5.02. The van der Waals surface area contributed by atoms with E-state index in [1.807, 2.05) is 27.7 Å². The molecule has 0 bridgehead atoms. The molecule has 0 atom stereocenters. The smallest absolute Gasteiger partial charge is 0.261 e. The third-order valence-corrected chi connectivity index (χ3v) is 7.32. The van der Waals surface area contributed by atoms with Crippen LogP contribution in [0.4, 0.5) is 0 Å². The molecule has 0 saturated heterocycles. The lowest BCUT2D eigenvalue weighted by Crippen LogP contribution is -2.31. The fourth-order valence-electron chi connectivity index (χ4n) is 5.02. The molecule has 2 heterocycles. The van der Waals surface area contributed by atoms with Crippen molar-refractivity contribution < 1.29 is 19.2 Å². The Hall–Kier alpha value is -4.06. The molecular formula is C28H24N2O4. The molecule has 3 aromatic rings. The van der Waals surface area contributed by atoms with Crippen LogP contribution in [-0.4, -0.2) is 33.4 Å². The van der Waals surface area contributed by atoms with E-state index >= 15 is 0 Å². The first-order valence-corrected chi connectivity index (χ1v) is 11.2. The summed E-state index contributed by atoms with van der Waals surface area (Å²) in [5.41, 5.74) is 7.34. The summed E-state index contributed by atoms with van der Waals surface area (Å²) in [6.45, 7) is 8.20. The molecule has 3 aromatic carbocycles. The van der Waals surface area contributed by atoms with Gasteiger partial charge in [-0.2, -0.15) is 0 Å². The number of rotatable bonds is 4. The van der Waals surface area contributed by atoms with Crippen LogP contribution in [-0.2, 0) is 13.1 Å². The summed E-state index contributed by atoms with van der Waals surface area (Å²) in [7, 11) is 0. The third kappa shape index (κ3) is 3.02. The first kappa shape index (κ1) is 21.8. The minimum atomic E-state index is -0.287. The van der Waals surface area contributed by atoms with Gasteiger partial charge in [0.15, 0.2) is 0 Å². The Morgan fingerprint density at radius 3 is 0.941 bits per heavy atom. The normalized spacial score (nSPS) is 14.8. The van der Waals surface area contributed by atoms with Gasteiger partial charge < -0.3 is 0 Å². The molecule has 0 unspecified atom stereocenters. The highest BCUT2D eigenvalue weighted by atomic mass is 16.2. The van der Waals surface area contributed by atoms with Crippen LogP contribution in [0.2, 0.25) is 0 Å². The summed E-state index contributed by atoms with van der Waals surface area (Å²) < 4.78 is 0. The molecular weight excluding hydrogens is 428 g/mol. The standard InChI is InChI=1S/C28H24N2O4/c1-15-16(2)24(14-30-27(33)21-11-7-8-12-22(21)28(30)34)18(4)17(3)23(15)13-29-25(31)19-9-5-6-10-20(19)26(29)32/h5-12H,13-14H2,1-4H3. The first-order chi connectivity index (χ1) is 16.2. The molecule has 6 nitrogen and oxygen atoms in total. The molecule has 0 radical (unpaired) electrons. The molecule has 2 aliphatic heterocycles. The van der Waals surface area contributed by atoms with Crippen molar-refractivity contribution >= 4 is 23.6 Å². The van der Waals surface area contributed by atoms with Gasteiger partial charge in [-0.1, -0.05) is 24.3 Å². The van der Waals surface area contributed by atoms with E-state index in [1.54, 1.807) is 48.5 Å². The van der Waals surface area contributed by atoms with Crippen LogP contribution in [0.1, 0.15) is 74.8 Å². The summed E-state index contributed by atoms with van der Waals surface area (Å²) in [6, 6.07) is 13.7. The van der Waals surface area contributed by atoms with Gasteiger partial charge in [-0.05, 0) is 85.3 Å². The van der Waals surface area contributed by atoms with Gasteiger partial charge in [0.1, 0.15) is 0 Å². The largest absolute Gasteiger partial charge is 0.270 e. The molecule has 2 aliphatic rings. The molecule has 170 valence electrons. The third-order valence-electron chi connectivity index (χ3n) is 7.32. The van der Waals surface area contributed by atoms with E-state index in [0.29, 0.717) is 22.3 Å². The molecule has 34 heavy (non-hydrogen) atoms. The predicted molar refractivity (Wildman–Crippen MR) is 127 cm³/mol. The minimum absolute atomic E-state index is 0.180. The number of carbonyl (C=O) groups excluding carboxylic acids is 4. The van der Waals surface area contributed by atoms with E-state index in [-0.39, 0.29) is 36.7 Å². The molecule has 6 heteroatoms. The highest BCUT2D eigenvalue weighted by Crippen LogP contribution is 2.33. The van der Waals surface area contributed by atoms with E-state index < -0.39 is 0 Å². The van der Waals surface area contributed by atoms with Gasteiger partial charge in [-0.3, -0.25) is 29.0 Å². The molecule has 5 rings (SSSR count). The molecule has 0 N–H and O–H groups in total. The molecule has 4 amide bonds. The number of hydrogen-bond acceptors (Lipinski definition) is 4. The van der Waals surface area contributed by atoms with E-state index in [4.69, 9.17) is 0 Å². The van der Waals surface area contributed by atoms with Gasteiger partial charge in [0.25, 0.3) is 23.6 Å². The summed E-state index contributed by atoms with van der Waals surface area (Å²) in [5.74, 6) is -1.15. The van der Waals surface area contributed by atoms with Crippen molar-refractivity contribution in [1.82, 2.24) is 9.80 Å². The Morgan fingerprint density at radius 1 is 0.471 bits per heavy atom. The van der Waals surface area contributed by atoms with E-state index in [0.717, 1.165) is 33.4 Å². The Bertz CT molecular complexity index is 1230. The van der Waals surface area contributed by atoms with Gasteiger partial charge in [0.05, 0.1) is 35.3 Å². The zero-order chi connectivity index (χ0) is 24.3. The van der Waals surface area contributed by atoms with Crippen molar-refractivity contribution in [2.75, 3.05) is 0 Å². The molecule has 0 saturated carbocycles. The quantitative estimate of drug-likeness (QED) is 0.546. The van der Waals surface area contributed by atoms with Crippen LogP contribution in [0, 0.1) is 27.7 Å². The van der Waals surface area contributed by atoms with Gasteiger partial charge in [0.2, 0.25) is 0 Å². The average Bonchev–Trinajstić information content (AvgIpc) is 3.23. The number of imide groups is 2. The Kier molecular flexibility index (Phi) is 4.97. The van der Waals surface area contributed by atoms with Gasteiger partial charge in [-0.25, -0.2) is 0 Å². The van der Waals surface area contributed by atoms with Crippen LogP contribution < -0.4 is 0 Å². The maximum absolute atomic E-state index is 12.9. The maximum Gasteiger partial charge on any atom is 0.261 e. The summed E-state index contributed by atoms with van der Waals surface area (Å²) in [5, 5.41) is 0. The zero-order valence-electron chi connectivity index (χ0n) is 19.6. The summed E-state index contributed by atoms with van der Waals surface area (Å²) >= 11 is 0. The number of amides is 4. The van der Waals surface area contributed by atoms with Gasteiger partial charge >= 0.3 is 0 Å². The minimum Gasteiger partial charge on any atom is -0.270 e. The topological polar surface area (TPSA) is 74.8 Å². The average molecular weight is 453 g/mol. The second-order valence-corrected chi connectivity index (χ2v) is 8.94. The summed E-state index contributed by atoms with van der Waals surface area (Å²) in [4.78, 5) is 54.2. The number of benzene rings is 3. The van der Waals surface area contributed by atoms with Crippen molar-refractivity contribution in [3.63, 3.8) is 0 Å². The first-order valence-electron chi connectivity index (χ1n) is 11.2. The van der Waals surface area contributed by atoms with Crippen LogP contribution in [0.25, 0.3) is 0 Å². The SMILES string of the molecule is Cc1c(C)c(CN2C(=O)c3ccccc3C2=O)c(C)c(C)c1CN1C(=O)c2ccccc2C1=O. The highest BCUT2D eigenvalue weighted by Gasteiger charge is 2.37. The van der Waals surface area contributed by atoms with E-state index in [1.165, 1.54) is 9.80 Å². The van der Waals surface area contributed by atoms with Crippen LogP contribution in [0.3, 0.4) is 0 Å². The molecule has 0 aliphatic carbocycles. The van der Waals surface area contributed by atoms with E-state index in [2.05, 4.69) is 0 Å². The van der Waals surface area contributed by atoms with Crippen molar-refractivity contribution in [2.24, 2.45) is 0 Å².